The van der Waals surface area contributed by atoms with Crippen molar-refractivity contribution in [2.24, 2.45) is 0 Å². The van der Waals surface area contributed by atoms with Crippen LogP contribution in [-0.4, -0.2) is 29.5 Å². The van der Waals surface area contributed by atoms with E-state index >= 15 is 0 Å². The molecule has 0 spiro atoms. The van der Waals surface area contributed by atoms with Gasteiger partial charge in [0.05, 0.1) is 5.54 Å². The monoisotopic (exact) mass is 240 g/mol. The lowest BCUT2D eigenvalue weighted by Gasteiger charge is -2.17. The summed E-state index contributed by atoms with van der Waals surface area (Å²) in [6, 6.07) is 8.97. The highest BCUT2D eigenvalue weighted by Gasteiger charge is 2.28. The van der Waals surface area contributed by atoms with Crippen molar-refractivity contribution < 1.29 is 18.4 Å². The van der Waals surface area contributed by atoms with Crippen LogP contribution in [0.2, 0.25) is 5.54 Å². The zero-order chi connectivity index (χ0) is 12.0. The topological polar surface area (TPSA) is 44.8 Å². The third kappa shape index (κ3) is 3.44. The summed E-state index contributed by atoms with van der Waals surface area (Å²) in [4.78, 5) is 11.7. The normalized spacial score (nSPS) is 12.5. The molecule has 0 N–H and O–H groups in total. The average molecular weight is 240 g/mol. The van der Waals surface area contributed by atoms with Gasteiger partial charge in [-0.25, -0.2) is 0 Å². The number of ether oxygens (including phenoxy) is 1. The first-order chi connectivity index (χ1) is 7.69. The number of benzene rings is 1. The molecule has 0 aliphatic carbocycles. The second kappa shape index (κ2) is 6.42. The number of para-hydroxylation sites is 1. The van der Waals surface area contributed by atoms with Crippen molar-refractivity contribution in [2.75, 3.05) is 14.2 Å². The molecule has 0 bridgehead atoms. The van der Waals surface area contributed by atoms with E-state index in [2.05, 4.69) is 0 Å². The van der Waals surface area contributed by atoms with E-state index in [1.54, 1.807) is 33.3 Å². The first kappa shape index (κ1) is 12.9. The van der Waals surface area contributed by atoms with Gasteiger partial charge in [-0.2, -0.15) is 0 Å². The predicted octanol–water partition coefficient (Wildman–Crippen LogP) is 1.50. The molecule has 1 aromatic carbocycles. The van der Waals surface area contributed by atoms with Gasteiger partial charge in [-0.05, 0) is 12.1 Å². The molecule has 1 unspecified atom stereocenters. The Morgan fingerprint density at radius 1 is 1.19 bits per heavy atom. The Balaban J connectivity index is 2.58. The lowest BCUT2D eigenvalue weighted by atomic mass is 10.3. The maximum absolute atomic E-state index is 11.7. The maximum Gasteiger partial charge on any atom is 0.335 e. The Labute approximate surface area is 97.0 Å². The number of esters is 1. The van der Waals surface area contributed by atoms with Crippen LogP contribution in [0.4, 0.5) is 0 Å². The summed E-state index contributed by atoms with van der Waals surface area (Å²) in [7, 11) is 1.14. The molecule has 5 heteroatoms. The van der Waals surface area contributed by atoms with E-state index in [9.17, 15) is 4.79 Å². The zero-order valence-corrected chi connectivity index (χ0v) is 10.8. The largest absolute Gasteiger partial charge is 0.426 e. The summed E-state index contributed by atoms with van der Waals surface area (Å²) in [5.41, 5.74) is -0.338. The Morgan fingerprint density at radius 3 is 2.25 bits per heavy atom. The average Bonchev–Trinajstić information content (AvgIpc) is 2.31. The van der Waals surface area contributed by atoms with Gasteiger partial charge < -0.3 is 13.6 Å². The van der Waals surface area contributed by atoms with Gasteiger partial charge in [-0.3, -0.25) is 4.79 Å². The molecule has 0 aliphatic rings. The van der Waals surface area contributed by atoms with Crippen LogP contribution in [0.25, 0.3) is 0 Å². The first-order valence-electron chi connectivity index (χ1n) is 5.01. The van der Waals surface area contributed by atoms with Crippen molar-refractivity contribution in [1.82, 2.24) is 0 Å². The highest BCUT2D eigenvalue weighted by Crippen LogP contribution is 2.16. The molecule has 1 aromatic rings. The summed E-state index contributed by atoms with van der Waals surface area (Å²) < 4.78 is 15.5. The minimum atomic E-state index is -1.96. The lowest BCUT2D eigenvalue weighted by Crippen LogP contribution is -2.32. The third-order valence-corrected chi connectivity index (χ3v) is 4.22. The number of rotatable bonds is 5. The van der Waals surface area contributed by atoms with Gasteiger partial charge in [0.15, 0.2) is 0 Å². The van der Waals surface area contributed by atoms with E-state index in [0.29, 0.717) is 5.75 Å². The number of hydrogen-bond acceptors (Lipinski definition) is 4. The van der Waals surface area contributed by atoms with Gasteiger partial charge in [-0.15, -0.1) is 0 Å². The Hall–Kier alpha value is -1.17. The van der Waals surface area contributed by atoms with Crippen molar-refractivity contribution in [3.05, 3.63) is 30.3 Å². The van der Waals surface area contributed by atoms with Crippen LogP contribution in [0.1, 0.15) is 6.92 Å². The fourth-order valence-electron chi connectivity index (χ4n) is 1.31. The maximum atomic E-state index is 11.7. The Morgan fingerprint density at radius 2 is 1.75 bits per heavy atom. The molecule has 0 heterocycles. The molecule has 1 atom stereocenters. The van der Waals surface area contributed by atoms with E-state index in [1.807, 2.05) is 18.2 Å². The van der Waals surface area contributed by atoms with Gasteiger partial charge in [-0.1, -0.05) is 25.1 Å². The van der Waals surface area contributed by atoms with Crippen LogP contribution in [0, 0.1) is 0 Å². The van der Waals surface area contributed by atoms with E-state index < -0.39 is 9.28 Å². The number of hydrogen-bond donors (Lipinski definition) is 0. The zero-order valence-electron chi connectivity index (χ0n) is 9.67. The molecule has 0 aliphatic heterocycles. The molecular weight excluding hydrogens is 224 g/mol. The fourth-order valence-corrected chi connectivity index (χ4v) is 2.61. The van der Waals surface area contributed by atoms with Crippen molar-refractivity contribution >= 4 is 15.3 Å². The molecule has 0 radical (unpaired) electrons. The number of carbonyl (C=O) groups is 1. The Bertz CT molecular complexity index is 324. The van der Waals surface area contributed by atoms with Crippen molar-refractivity contribution in [3.63, 3.8) is 0 Å². The summed E-state index contributed by atoms with van der Waals surface area (Å²) in [6.45, 7) is 1.76. The molecule has 0 amide bonds. The standard InChI is InChI=1S/C11H16O4Si/c1-9(16(13-2)14-3)11(12)15-10-7-5-4-6-8-10/h4-9,16H,1-3H3. The molecule has 0 saturated heterocycles. The quantitative estimate of drug-likeness (QED) is 0.444. The third-order valence-electron chi connectivity index (χ3n) is 2.21. The second-order valence-electron chi connectivity index (χ2n) is 3.36. The Kier molecular flexibility index (Phi) is 5.17. The van der Waals surface area contributed by atoms with Crippen LogP contribution in [0.5, 0.6) is 5.75 Å². The molecule has 16 heavy (non-hydrogen) atoms. The molecule has 0 fully saturated rings. The summed E-state index contributed by atoms with van der Waals surface area (Å²) in [5, 5.41) is 0. The van der Waals surface area contributed by atoms with E-state index in [0.717, 1.165) is 0 Å². The van der Waals surface area contributed by atoms with Crippen LogP contribution < -0.4 is 4.74 Å². The molecular formula is C11H16O4Si. The van der Waals surface area contributed by atoms with E-state index in [-0.39, 0.29) is 11.5 Å². The molecule has 1 rings (SSSR count). The minimum Gasteiger partial charge on any atom is -0.426 e. The summed E-state index contributed by atoms with van der Waals surface area (Å²) in [6.07, 6.45) is 0. The highest BCUT2D eigenvalue weighted by molar-refractivity contribution is 6.51. The smallest absolute Gasteiger partial charge is 0.335 e. The van der Waals surface area contributed by atoms with Crippen molar-refractivity contribution in [3.8, 4) is 5.75 Å². The lowest BCUT2D eigenvalue weighted by molar-refractivity contribution is -0.134. The molecule has 0 aromatic heterocycles. The van der Waals surface area contributed by atoms with Gasteiger partial charge in [0.1, 0.15) is 5.75 Å². The second-order valence-corrected chi connectivity index (χ2v) is 6.04. The summed E-state index contributed by atoms with van der Waals surface area (Å²) in [5.74, 6) is 0.228. The van der Waals surface area contributed by atoms with Crippen molar-refractivity contribution in [1.29, 1.82) is 0 Å². The van der Waals surface area contributed by atoms with Gasteiger partial charge >= 0.3 is 15.3 Å². The summed E-state index contributed by atoms with van der Waals surface area (Å²) >= 11 is 0. The van der Waals surface area contributed by atoms with Gasteiger partial charge in [0.25, 0.3) is 0 Å². The van der Waals surface area contributed by atoms with Crippen LogP contribution >= 0.6 is 0 Å². The molecule has 0 saturated carbocycles. The van der Waals surface area contributed by atoms with E-state index in [1.165, 1.54) is 0 Å². The predicted molar refractivity (Wildman–Crippen MR) is 62.7 cm³/mol. The van der Waals surface area contributed by atoms with Crippen LogP contribution in [-0.2, 0) is 13.6 Å². The highest BCUT2D eigenvalue weighted by atomic mass is 28.3. The SMILES string of the molecule is CO[SiH](OC)C(C)C(=O)Oc1ccccc1. The van der Waals surface area contributed by atoms with Crippen molar-refractivity contribution in [2.45, 2.75) is 12.5 Å². The minimum absolute atomic E-state index is 0.313. The van der Waals surface area contributed by atoms with Crippen LogP contribution in [0.3, 0.4) is 0 Å². The molecule has 88 valence electrons. The number of carbonyl (C=O) groups excluding carboxylic acids is 1. The van der Waals surface area contributed by atoms with E-state index in [4.69, 9.17) is 13.6 Å². The van der Waals surface area contributed by atoms with Gasteiger partial charge in [0, 0.05) is 14.2 Å². The van der Waals surface area contributed by atoms with Crippen LogP contribution in [0.15, 0.2) is 30.3 Å². The fraction of sp³-hybridized carbons (Fsp3) is 0.364. The van der Waals surface area contributed by atoms with Gasteiger partial charge in [0.2, 0.25) is 0 Å². The first-order valence-corrected chi connectivity index (χ1v) is 6.62. The molecule has 4 nitrogen and oxygen atoms in total.